The van der Waals surface area contributed by atoms with E-state index in [0.29, 0.717) is 25.1 Å². The molecule has 0 spiro atoms. The number of aliphatic hydroxyl groups is 2. The van der Waals surface area contributed by atoms with Gasteiger partial charge in [0.05, 0.1) is 6.61 Å². The molecule has 1 aliphatic heterocycles. The summed E-state index contributed by atoms with van der Waals surface area (Å²) in [4.78, 5) is 2.50. The first-order valence-electron chi connectivity index (χ1n) is 6.97. The molecule has 1 heterocycles. The molecule has 2 unspecified atom stereocenters. The number of unbranched alkanes of at least 4 members (excludes halogenated alkanes) is 1. The minimum Gasteiger partial charge on any atom is -0.396 e. The van der Waals surface area contributed by atoms with E-state index in [1.807, 2.05) is 0 Å². The third-order valence-corrected chi connectivity index (χ3v) is 3.52. The van der Waals surface area contributed by atoms with Crippen molar-refractivity contribution in [3.8, 4) is 0 Å². The lowest BCUT2D eigenvalue weighted by Gasteiger charge is -2.38. The predicted octanol–water partition coefficient (Wildman–Crippen LogP) is 0.441. The topological polar surface area (TPSA) is 55.7 Å². The maximum Gasteiger partial charge on any atom is 0.0556 e. The zero-order valence-corrected chi connectivity index (χ0v) is 11.1. The molecule has 1 aliphatic rings. The first-order valence-corrected chi connectivity index (χ1v) is 6.97. The van der Waals surface area contributed by atoms with Crippen LogP contribution < -0.4 is 5.32 Å². The average Bonchev–Trinajstić information content (AvgIpc) is 2.34. The Labute approximate surface area is 105 Å². The molecular weight excluding hydrogens is 216 g/mol. The fourth-order valence-corrected chi connectivity index (χ4v) is 2.68. The van der Waals surface area contributed by atoms with Crippen LogP contribution in [0.4, 0.5) is 0 Å². The number of hydrogen-bond acceptors (Lipinski definition) is 4. The minimum absolute atomic E-state index is 0.204. The van der Waals surface area contributed by atoms with Gasteiger partial charge in [-0.3, -0.25) is 0 Å². The molecule has 0 aromatic heterocycles. The van der Waals surface area contributed by atoms with E-state index < -0.39 is 0 Å². The van der Waals surface area contributed by atoms with E-state index in [9.17, 15) is 0 Å². The normalized spacial score (nSPS) is 26.3. The van der Waals surface area contributed by atoms with Crippen LogP contribution in [-0.4, -0.2) is 60.5 Å². The van der Waals surface area contributed by atoms with Gasteiger partial charge in [-0.15, -0.1) is 0 Å². The van der Waals surface area contributed by atoms with Crippen molar-refractivity contribution >= 4 is 0 Å². The maximum absolute atomic E-state index is 9.06. The van der Waals surface area contributed by atoms with E-state index in [1.54, 1.807) is 0 Å². The van der Waals surface area contributed by atoms with Crippen molar-refractivity contribution < 1.29 is 10.2 Å². The summed E-state index contributed by atoms with van der Waals surface area (Å²) in [6, 6.07) is 0.476. The Hall–Kier alpha value is -0.160. The van der Waals surface area contributed by atoms with Crippen LogP contribution in [0.1, 0.15) is 32.6 Å². The lowest BCUT2D eigenvalue weighted by atomic mass is 9.91. The standard InChI is InChI=1S/C13H28N2O2/c1-2-3-6-15-10-12(4-7-16)9-13(11-15)14-5-8-17/h12-14,16-17H,2-11H2,1H3. The summed E-state index contributed by atoms with van der Waals surface area (Å²) in [5.74, 6) is 0.599. The van der Waals surface area contributed by atoms with E-state index >= 15 is 0 Å². The fourth-order valence-electron chi connectivity index (χ4n) is 2.68. The van der Waals surface area contributed by atoms with Crippen molar-refractivity contribution in [3.05, 3.63) is 0 Å². The molecule has 2 atom stereocenters. The van der Waals surface area contributed by atoms with E-state index in [2.05, 4.69) is 17.1 Å². The summed E-state index contributed by atoms with van der Waals surface area (Å²) < 4.78 is 0. The van der Waals surface area contributed by atoms with Crippen LogP contribution >= 0.6 is 0 Å². The van der Waals surface area contributed by atoms with E-state index in [4.69, 9.17) is 10.2 Å². The molecule has 0 radical (unpaired) electrons. The van der Waals surface area contributed by atoms with E-state index in [-0.39, 0.29) is 6.61 Å². The number of nitrogens with zero attached hydrogens (tertiary/aromatic N) is 1. The summed E-state index contributed by atoms with van der Waals surface area (Å²) in [6.45, 7) is 6.76. The van der Waals surface area contributed by atoms with Gasteiger partial charge >= 0.3 is 0 Å². The number of likely N-dealkylation sites (tertiary alicyclic amines) is 1. The molecule has 0 aliphatic carbocycles. The Kier molecular flexibility index (Phi) is 7.77. The Bertz CT molecular complexity index is 174. The van der Waals surface area contributed by atoms with Crippen LogP contribution in [0.25, 0.3) is 0 Å². The van der Waals surface area contributed by atoms with Gasteiger partial charge in [0, 0.05) is 32.3 Å². The van der Waals surface area contributed by atoms with Crippen LogP contribution in [0.2, 0.25) is 0 Å². The molecule has 4 heteroatoms. The Balaban J connectivity index is 2.37. The molecule has 0 aromatic carbocycles. The van der Waals surface area contributed by atoms with Crippen molar-refractivity contribution in [3.63, 3.8) is 0 Å². The van der Waals surface area contributed by atoms with Crippen molar-refractivity contribution in [2.75, 3.05) is 39.4 Å². The maximum atomic E-state index is 9.06. The molecule has 17 heavy (non-hydrogen) atoms. The zero-order valence-electron chi connectivity index (χ0n) is 11.1. The lowest BCUT2D eigenvalue weighted by Crippen LogP contribution is -2.50. The van der Waals surface area contributed by atoms with Gasteiger partial charge in [0.2, 0.25) is 0 Å². The van der Waals surface area contributed by atoms with Gasteiger partial charge in [0.1, 0.15) is 0 Å². The zero-order chi connectivity index (χ0) is 12.5. The number of rotatable bonds is 8. The monoisotopic (exact) mass is 244 g/mol. The van der Waals surface area contributed by atoms with Gasteiger partial charge in [-0.1, -0.05) is 13.3 Å². The van der Waals surface area contributed by atoms with Crippen LogP contribution in [0.15, 0.2) is 0 Å². The van der Waals surface area contributed by atoms with Crippen LogP contribution in [-0.2, 0) is 0 Å². The van der Waals surface area contributed by atoms with Crippen molar-refractivity contribution in [2.45, 2.75) is 38.6 Å². The van der Waals surface area contributed by atoms with Gasteiger partial charge in [-0.05, 0) is 31.7 Å². The summed E-state index contributed by atoms with van der Waals surface area (Å²) in [6.07, 6.45) is 4.51. The second-order valence-electron chi connectivity index (χ2n) is 5.10. The van der Waals surface area contributed by atoms with Gasteiger partial charge in [-0.25, -0.2) is 0 Å². The smallest absolute Gasteiger partial charge is 0.0556 e. The third kappa shape index (κ3) is 5.82. The molecule has 1 fully saturated rings. The summed E-state index contributed by atoms with van der Waals surface area (Å²) in [5, 5.41) is 21.3. The van der Waals surface area contributed by atoms with Gasteiger partial charge in [-0.2, -0.15) is 0 Å². The highest BCUT2D eigenvalue weighted by Crippen LogP contribution is 2.20. The van der Waals surface area contributed by atoms with Crippen molar-refractivity contribution in [1.29, 1.82) is 0 Å². The molecule has 0 amide bonds. The molecule has 4 nitrogen and oxygen atoms in total. The lowest BCUT2D eigenvalue weighted by molar-refractivity contribution is 0.117. The first-order chi connectivity index (χ1) is 8.30. The summed E-state index contributed by atoms with van der Waals surface area (Å²) in [5.41, 5.74) is 0. The average molecular weight is 244 g/mol. The van der Waals surface area contributed by atoms with Gasteiger partial charge in [0.25, 0.3) is 0 Å². The third-order valence-electron chi connectivity index (χ3n) is 3.52. The number of aliphatic hydroxyl groups excluding tert-OH is 2. The second kappa shape index (κ2) is 8.86. The molecule has 0 saturated carbocycles. The summed E-state index contributed by atoms with van der Waals surface area (Å²) >= 11 is 0. The van der Waals surface area contributed by atoms with E-state index in [0.717, 1.165) is 32.5 Å². The second-order valence-corrected chi connectivity index (χ2v) is 5.10. The molecule has 1 saturated heterocycles. The molecular formula is C13H28N2O2. The quantitative estimate of drug-likeness (QED) is 0.580. The summed E-state index contributed by atoms with van der Waals surface area (Å²) in [7, 11) is 0. The van der Waals surface area contributed by atoms with Crippen LogP contribution in [0.5, 0.6) is 0 Å². The molecule has 1 rings (SSSR count). The van der Waals surface area contributed by atoms with Crippen LogP contribution in [0, 0.1) is 5.92 Å². The first kappa shape index (κ1) is 14.9. The Morgan fingerprint density at radius 1 is 1.24 bits per heavy atom. The molecule has 0 bridgehead atoms. The Morgan fingerprint density at radius 2 is 2.06 bits per heavy atom. The number of piperidine rings is 1. The largest absolute Gasteiger partial charge is 0.396 e. The van der Waals surface area contributed by atoms with Crippen molar-refractivity contribution in [2.24, 2.45) is 5.92 Å². The highest BCUT2D eigenvalue weighted by atomic mass is 16.3. The number of nitrogens with one attached hydrogen (secondary N) is 1. The van der Waals surface area contributed by atoms with Gasteiger partial charge < -0.3 is 20.4 Å². The number of hydrogen-bond donors (Lipinski definition) is 3. The van der Waals surface area contributed by atoms with Gasteiger partial charge in [0.15, 0.2) is 0 Å². The highest BCUT2D eigenvalue weighted by molar-refractivity contribution is 4.83. The highest BCUT2D eigenvalue weighted by Gasteiger charge is 2.25. The molecule has 102 valence electrons. The van der Waals surface area contributed by atoms with E-state index in [1.165, 1.54) is 12.8 Å². The fraction of sp³-hybridized carbons (Fsp3) is 1.00. The minimum atomic E-state index is 0.204. The molecule has 3 N–H and O–H groups in total. The molecule has 0 aromatic rings. The SMILES string of the molecule is CCCCN1CC(CCO)CC(NCCO)C1. The van der Waals surface area contributed by atoms with Crippen LogP contribution in [0.3, 0.4) is 0 Å². The predicted molar refractivity (Wildman–Crippen MR) is 70.0 cm³/mol. The Morgan fingerprint density at radius 3 is 2.71 bits per heavy atom. The van der Waals surface area contributed by atoms with Crippen molar-refractivity contribution in [1.82, 2.24) is 10.2 Å².